The van der Waals surface area contributed by atoms with Gasteiger partial charge in [-0.2, -0.15) is 0 Å². The van der Waals surface area contributed by atoms with E-state index < -0.39 is 16.1 Å². The number of benzene rings is 1. The Hall–Kier alpha value is -2.25. The fourth-order valence-electron chi connectivity index (χ4n) is 2.39. The molecule has 2 aromatic heterocycles. The van der Waals surface area contributed by atoms with Crippen LogP contribution in [0.5, 0.6) is 0 Å². The zero-order chi connectivity index (χ0) is 16.6. The molecule has 0 spiro atoms. The molecule has 0 unspecified atom stereocenters. The van der Waals surface area contributed by atoms with Crippen LogP contribution in [-0.4, -0.2) is 23.0 Å². The number of aryl methyl sites for hydroxylation is 2. The Kier molecular flexibility index (Phi) is 3.91. The predicted octanol–water partition coefficient (Wildman–Crippen LogP) is 2.39. The topological polar surface area (TPSA) is 76.4 Å². The van der Waals surface area contributed by atoms with Gasteiger partial charge in [-0.15, -0.1) is 10.2 Å². The second-order valence-electron chi connectivity index (χ2n) is 5.58. The number of nitrogens with one attached hydrogen (secondary N) is 1. The molecule has 0 aliphatic heterocycles. The molecule has 0 saturated carbocycles. The monoisotopic (exact) mass is 330 g/mol. The van der Waals surface area contributed by atoms with E-state index in [1.54, 1.807) is 29.5 Å². The van der Waals surface area contributed by atoms with Gasteiger partial charge in [0, 0.05) is 6.20 Å². The van der Waals surface area contributed by atoms with E-state index in [9.17, 15) is 8.42 Å². The van der Waals surface area contributed by atoms with Gasteiger partial charge >= 0.3 is 0 Å². The summed E-state index contributed by atoms with van der Waals surface area (Å²) in [6, 6.07) is 10.1. The van der Waals surface area contributed by atoms with Crippen molar-refractivity contribution in [3.63, 3.8) is 0 Å². The number of hydrogen-bond donors (Lipinski definition) is 1. The maximum Gasteiger partial charge on any atom is 0.241 e. The third-order valence-electron chi connectivity index (χ3n) is 3.85. The quantitative estimate of drug-likeness (QED) is 0.797. The van der Waals surface area contributed by atoms with E-state index in [1.165, 1.54) is 0 Å². The van der Waals surface area contributed by atoms with E-state index >= 15 is 0 Å². The first-order valence-electron chi connectivity index (χ1n) is 7.28. The number of nitrogens with zero attached hydrogens (tertiary/aromatic N) is 3. The molecule has 6 nitrogen and oxygen atoms in total. The van der Waals surface area contributed by atoms with Gasteiger partial charge in [-0.05, 0) is 56.2 Å². The lowest BCUT2D eigenvalue weighted by Gasteiger charge is -2.13. The zero-order valence-corrected chi connectivity index (χ0v) is 14.0. The van der Waals surface area contributed by atoms with Crippen LogP contribution in [0.2, 0.25) is 0 Å². The molecule has 0 aliphatic rings. The van der Waals surface area contributed by atoms with Crippen molar-refractivity contribution in [1.29, 1.82) is 0 Å². The molecule has 1 N–H and O–H groups in total. The third-order valence-corrected chi connectivity index (χ3v) is 5.39. The smallest absolute Gasteiger partial charge is 0.241 e. The Morgan fingerprint density at radius 2 is 1.87 bits per heavy atom. The normalized spacial score (nSPS) is 13.3. The molecule has 0 fully saturated rings. The molecule has 0 aliphatic carbocycles. The summed E-state index contributed by atoms with van der Waals surface area (Å²) >= 11 is 0. The van der Waals surface area contributed by atoms with Crippen LogP contribution in [0.3, 0.4) is 0 Å². The summed E-state index contributed by atoms with van der Waals surface area (Å²) in [7, 11) is -3.62. The van der Waals surface area contributed by atoms with Crippen molar-refractivity contribution < 1.29 is 8.42 Å². The van der Waals surface area contributed by atoms with Crippen molar-refractivity contribution in [2.75, 3.05) is 0 Å². The van der Waals surface area contributed by atoms with Gasteiger partial charge in [0.2, 0.25) is 10.0 Å². The number of sulfonamides is 1. The average Bonchev–Trinajstić information content (AvgIpc) is 2.93. The van der Waals surface area contributed by atoms with Crippen LogP contribution in [0.4, 0.5) is 0 Å². The number of rotatable bonds is 4. The van der Waals surface area contributed by atoms with Crippen molar-refractivity contribution in [3.05, 3.63) is 59.5 Å². The van der Waals surface area contributed by atoms with Crippen molar-refractivity contribution in [2.45, 2.75) is 31.7 Å². The fraction of sp³-hybridized carbons (Fsp3) is 0.250. The summed E-state index contributed by atoms with van der Waals surface area (Å²) in [5, 5.41) is 8.14. The Bertz CT molecular complexity index is 963. The van der Waals surface area contributed by atoms with Crippen LogP contribution in [0.15, 0.2) is 47.5 Å². The molecule has 23 heavy (non-hydrogen) atoms. The molecule has 2 heterocycles. The van der Waals surface area contributed by atoms with E-state index in [1.807, 2.05) is 38.2 Å². The van der Waals surface area contributed by atoms with E-state index in [2.05, 4.69) is 14.9 Å². The van der Waals surface area contributed by atoms with Crippen LogP contribution in [0, 0.1) is 13.8 Å². The number of aromatic nitrogens is 3. The first kappa shape index (κ1) is 15.6. The summed E-state index contributed by atoms with van der Waals surface area (Å²) in [4.78, 5) is 0.251. The average molecular weight is 330 g/mol. The predicted molar refractivity (Wildman–Crippen MR) is 87.6 cm³/mol. The summed E-state index contributed by atoms with van der Waals surface area (Å²) in [6.45, 7) is 5.59. The van der Waals surface area contributed by atoms with E-state index in [-0.39, 0.29) is 4.90 Å². The molecule has 0 amide bonds. The molecular formula is C16H18N4O2S. The first-order chi connectivity index (χ1) is 10.9. The molecule has 1 atom stereocenters. The Morgan fingerprint density at radius 1 is 1.09 bits per heavy atom. The van der Waals surface area contributed by atoms with Gasteiger partial charge in [-0.1, -0.05) is 12.1 Å². The van der Waals surface area contributed by atoms with Gasteiger partial charge in [0.1, 0.15) is 0 Å². The minimum absolute atomic E-state index is 0.251. The van der Waals surface area contributed by atoms with E-state index in [0.29, 0.717) is 11.5 Å². The second-order valence-corrected chi connectivity index (χ2v) is 7.29. The maximum atomic E-state index is 12.6. The molecule has 0 saturated heterocycles. The summed E-state index contributed by atoms with van der Waals surface area (Å²) in [5.41, 5.74) is 2.67. The van der Waals surface area contributed by atoms with Crippen LogP contribution in [0.25, 0.3) is 5.65 Å². The van der Waals surface area contributed by atoms with Crippen LogP contribution in [0.1, 0.15) is 29.9 Å². The highest BCUT2D eigenvalue weighted by Gasteiger charge is 2.22. The number of fused-ring (bicyclic) bond motifs is 1. The largest absolute Gasteiger partial charge is 0.285 e. The Balaban J connectivity index is 1.92. The first-order valence-corrected chi connectivity index (χ1v) is 8.76. The SMILES string of the molecule is Cc1ccc(S(=O)(=O)N[C@H](C)c2nnc3ccccn23)cc1C. The Morgan fingerprint density at radius 3 is 2.61 bits per heavy atom. The molecule has 0 radical (unpaired) electrons. The van der Waals surface area contributed by atoms with Gasteiger partial charge in [-0.3, -0.25) is 4.40 Å². The highest BCUT2D eigenvalue weighted by atomic mass is 32.2. The minimum Gasteiger partial charge on any atom is -0.285 e. The molecule has 3 aromatic rings. The van der Waals surface area contributed by atoms with Crippen molar-refractivity contribution in [1.82, 2.24) is 19.3 Å². The lowest BCUT2D eigenvalue weighted by Crippen LogP contribution is -2.28. The highest BCUT2D eigenvalue weighted by Crippen LogP contribution is 2.18. The third kappa shape index (κ3) is 2.97. The van der Waals surface area contributed by atoms with Crippen molar-refractivity contribution in [3.8, 4) is 0 Å². The minimum atomic E-state index is -3.62. The molecule has 0 bridgehead atoms. The molecule has 1 aromatic carbocycles. The zero-order valence-electron chi connectivity index (χ0n) is 13.2. The summed E-state index contributed by atoms with van der Waals surface area (Å²) in [6.07, 6.45) is 1.81. The van der Waals surface area contributed by atoms with Crippen LogP contribution >= 0.6 is 0 Å². The van der Waals surface area contributed by atoms with Gasteiger partial charge in [0.05, 0.1) is 10.9 Å². The van der Waals surface area contributed by atoms with Crippen LogP contribution < -0.4 is 4.72 Å². The van der Waals surface area contributed by atoms with E-state index in [0.717, 1.165) is 11.1 Å². The molecule has 120 valence electrons. The number of pyridine rings is 1. The van der Waals surface area contributed by atoms with Gasteiger partial charge in [0.25, 0.3) is 0 Å². The fourth-order valence-corrected chi connectivity index (χ4v) is 3.68. The summed E-state index contributed by atoms with van der Waals surface area (Å²) < 4.78 is 29.6. The summed E-state index contributed by atoms with van der Waals surface area (Å²) in [5.74, 6) is 0.549. The van der Waals surface area contributed by atoms with E-state index in [4.69, 9.17) is 0 Å². The molecular weight excluding hydrogens is 312 g/mol. The molecule has 3 rings (SSSR count). The van der Waals surface area contributed by atoms with Crippen molar-refractivity contribution in [2.24, 2.45) is 0 Å². The lowest BCUT2D eigenvalue weighted by atomic mass is 10.1. The number of hydrogen-bond acceptors (Lipinski definition) is 4. The highest BCUT2D eigenvalue weighted by molar-refractivity contribution is 7.89. The maximum absolute atomic E-state index is 12.6. The second kappa shape index (κ2) is 5.75. The molecule has 7 heteroatoms. The standard InChI is InChI=1S/C16H18N4O2S/c1-11-7-8-14(10-12(11)2)23(21,22)19-13(3)16-18-17-15-6-4-5-9-20(15)16/h4-10,13,19H,1-3H3/t13-/m1/s1. The lowest BCUT2D eigenvalue weighted by molar-refractivity contribution is 0.558. The van der Waals surface area contributed by atoms with Crippen LogP contribution in [-0.2, 0) is 10.0 Å². The van der Waals surface area contributed by atoms with Crippen molar-refractivity contribution >= 4 is 15.7 Å². The van der Waals surface area contributed by atoms with Gasteiger partial charge in [0.15, 0.2) is 11.5 Å². The van der Waals surface area contributed by atoms with Gasteiger partial charge in [-0.25, -0.2) is 13.1 Å². The van der Waals surface area contributed by atoms with Gasteiger partial charge < -0.3 is 0 Å². The Labute approximate surface area is 135 Å².